The summed E-state index contributed by atoms with van der Waals surface area (Å²) in [6, 6.07) is 16.5. The second-order valence-electron chi connectivity index (χ2n) is 14.2. The van der Waals surface area contributed by atoms with Crippen LogP contribution in [-0.4, -0.2) is 105 Å². The van der Waals surface area contributed by atoms with Crippen molar-refractivity contribution < 1.29 is 58.5 Å². The number of nitrogens with one attached hydrogen (secondary N) is 5. The summed E-state index contributed by atoms with van der Waals surface area (Å²) in [5.74, 6) is -9.44. The van der Waals surface area contributed by atoms with E-state index in [1.54, 1.807) is 91.0 Å². The molecule has 0 heterocycles. The zero-order chi connectivity index (χ0) is 44.9. The van der Waals surface area contributed by atoms with Crippen LogP contribution in [0.25, 0.3) is 0 Å². The van der Waals surface area contributed by atoms with E-state index in [4.69, 9.17) is 11.5 Å². The van der Waals surface area contributed by atoms with Crippen molar-refractivity contribution in [3.8, 4) is 0 Å². The van der Waals surface area contributed by atoms with Crippen molar-refractivity contribution in [1.29, 1.82) is 0 Å². The number of nitrogens with two attached hydrogens (primary N) is 2. The molecule has 19 nitrogen and oxygen atoms in total. The van der Waals surface area contributed by atoms with E-state index in [1.165, 1.54) is 0 Å². The molecule has 0 unspecified atom stereocenters. The van der Waals surface area contributed by atoms with E-state index in [-0.39, 0.29) is 32.1 Å². The molecule has 61 heavy (non-hydrogen) atoms. The van der Waals surface area contributed by atoms with Gasteiger partial charge < -0.3 is 53.4 Å². The molecule has 0 saturated heterocycles. The average Bonchev–Trinajstić information content (AvgIpc) is 3.22. The van der Waals surface area contributed by atoms with E-state index >= 15 is 0 Å². The molecule has 0 bridgehead atoms. The third-order valence-corrected chi connectivity index (χ3v) is 9.33. The lowest BCUT2D eigenvalue weighted by atomic mass is 10.0. The van der Waals surface area contributed by atoms with Crippen LogP contribution in [0.5, 0.6) is 0 Å². The van der Waals surface area contributed by atoms with Crippen molar-refractivity contribution in [3.63, 3.8) is 0 Å². The Morgan fingerprint density at radius 2 is 0.738 bits per heavy atom. The molecule has 6 atom stereocenters. The fourth-order valence-corrected chi connectivity index (χ4v) is 6.04. The molecule has 3 aromatic carbocycles. The highest BCUT2D eigenvalue weighted by Crippen LogP contribution is 2.11. The Morgan fingerprint density at radius 1 is 0.426 bits per heavy atom. The second-order valence-corrected chi connectivity index (χ2v) is 14.2. The number of carbonyl (C=O) groups is 9. The van der Waals surface area contributed by atoms with Crippen LogP contribution in [0, 0.1) is 0 Å². The van der Waals surface area contributed by atoms with Gasteiger partial charge in [0.15, 0.2) is 0 Å². The summed E-state index contributed by atoms with van der Waals surface area (Å²) in [4.78, 5) is 115. The van der Waals surface area contributed by atoms with Gasteiger partial charge in [0.25, 0.3) is 0 Å². The molecular weight excluding hydrogens is 794 g/mol. The quantitative estimate of drug-likeness (QED) is 0.0490. The van der Waals surface area contributed by atoms with Crippen molar-refractivity contribution in [3.05, 3.63) is 108 Å². The molecule has 0 aromatic heterocycles. The maximum absolute atomic E-state index is 14.1. The van der Waals surface area contributed by atoms with Crippen molar-refractivity contribution >= 4 is 53.4 Å². The number of benzene rings is 3. The average molecular weight is 846 g/mol. The SMILES string of the molecule is NC(=O)CC[C@H](N)C(=O)N[C@@H](CCC(=O)O)C(=O)N[C@@H](Cc1ccccc1)C(=O)N[C@@H](CCC(=O)O)C(=O)N[C@@H](Cc1ccccc1)C(=O)N[C@@H](Cc1ccccc1)C(=O)O. The Bertz CT molecular complexity index is 1990. The minimum Gasteiger partial charge on any atom is -0.481 e. The Hall–Kier alpha value is -7.15. The van der Waals surface area contributed by atoms with Crippen molar-refractivity contribution in [1.82, 2.24) is 26.6 Å². The fraction of sp³-hybridized carbons (Fsp3) is 0.357. The maximum atomic E-state index is 14.1. The van der Waals surface area contributed by atoms with Gasteiger partial charge in [-0.3, -0.25) is 38.4 Å². The number of aliphatic carboxylic acids is 3. The summed E-state index contributed by atoms with van der Waals surface area (Å²) in [5.41, 5.74) is 12.7. The normalized spacial score (nSPS) is 13.7. The molecule has 326 valence electrons. The topological polar surface area (TPSA) is 327 Å². The molecule has 0 aliphatic rings. The number of primary amides is 1. The highest BCUT2D eigenvalue weighted by atomic mass is 16.4. The summed E-state index contributed by atoms with van der Waals surface area (Å²) >= 11 is 0. The van der Waals surface area contributed by atoms with Crippen LogP contribution >= 0.6 is 0 Å². The highest BCUT2D eigenvalue weighted by Gasteiger charge is 2.34. The van der Waals surface area contributed by atoms with Crippen LogP contribution in [-0.2, 0) is 62.4 Å². The van der Waals surface area contributed by atoms with Gasteiger partial charge in [-0.1, -0.05) is 91.0 Å². The molecule has 12 N–H and O–H groups in total. The van der Waals surface area contributed by atoms with Gasteiger partial charge in [0.05, 0.1) is 6.04 Å². The van der Waals surface area contributed by atoms with Gasteiger partial charge in [0.2, 0.25) is 35.4 Å². The van der Waals surface area contributed by atoms with Gasteiger partial charge in [-0.25, -0.2) is 4.79 Å². The van der Waals surface area contributed by atoms with Gasteiger partial charge in [-0.05, 0) is 36.0 Å². The fourth-order valence-electron chi connectivity index (χ4n) is 6.04. The van der Waals surface area contributed by atoms with Gasteiger partial charge in [0, 0.05) is 38.5 Å². The van der Waals surface area contributed by atoms with Crippen LogP contribution in [0.4, 0.5) is 0 Å². The van der Waals surface area contributed by atoms with Crippen molar-refractivity contribution in [2.24, 2.45) is 11.5 Å². The molecule has 19 heteroatoms. The molecule has 0 fully saturated rings. The third kappa shape index (κ3) is 17.7. The Labute approximate surface area is 351 Å². The molecule has 0 aliphatic heterocycles. The number of amides is 6. The van der Waals surface area contributed by atoms with Gasteiger partial charge >= 0.3 is 17.9 Å². The number of carboxylic acids is 3. The monoisotopic (exact) mass is 845 g/mol. The summed E-state index contributed by atoms with van der Waals surface area (Å²) in [6.45, 7) is 0. The van der Waals surface area contributed by atoms with Crippen LogP contribution in [0.3, 0.4) is 0 Å². The zero-order valence-corrected chi connectivity index (χ0v) is 33.2. The molecule has 3 rings (SSSR count). The van der Waals surface area contributed by atoms with E-state index in [1.807, 2.05) is 0 Å². The molecule has 3 aromatic rings. The number of hydrogen-bond donors (Lipinski definition) is 10. The van der Waals surface area contributed by atoms with Gasteiger partial charge in [-0.2, -0.15) is 0 Å². The first-order chi connectivity index (χ1) is 29.0. The molecular formula is C42H51N7O12. The smallest absolute Gasteiger partial charge is 0.326 e. The van der Waals surface area contributed by atoms with E-state index in [0.717, 1.165) is 0 Å². The van der Waals surface area contributed by atoms with Gasteiger partial charge in [-0.15, -0.1) is 0 Å². The Kier molecular flexibility index (Phi) is 19.5. The second kappa shape index (κ2) is 24.7. The predicted molar refractivity (Wildman–Crippen MR) is 218 cm³/mol. The standard InChI is InChI=1S/C42H51N7O12/c43-28(16-19-34(44)50)37(55)45-29(17-20-35(51)52)38(56)47-31(22-25-10-4-1-5-11-25)40(58)46-30(18-21-36(53)54)39(57)48-32(23-26-12-6-2-7-13-26)41(59)49-33(42(60)61)24-27-14-8-3-9-15-27/h1-15,28-33H,16-24,43H2,(H2,44,50)(H,45,55)(H,46,58)(H,47,56)(H,48,57)(H,49,59)(H,51,52)(H,53,54)(H,60,61)/t28-,29-,30-,31-,32-,33-/m0/s1. The third-order valence-electron chi connectivity index (χ3n) is 9.33. The predicted octanol–water partition coefficient (Wildman–Crippen LogP) is -0.454. The van der Waals surface area contributed by atoms with Crippen LogP contribution < -0.4 is 38.1 Å². The first kappa shape index (κ1) is 48.2. The van der Waals surface area contributed by atoms with E-state index < -0.39 is 115 Å². The van der Waals surface area contributed by atoms with E-state index in [2.05, 4.69) is 26.6 Å². The van der Waals surface area contributed by atoms with Crippen LogP contribution in [0.1, 0.15) is 55.2 Å². The zero-order valence-electron chi connectivity index (χ0n) is 33.2. The Balaban J connectivity index is 1.91. The van der Waals surface area contributed by atoms with Gasteiger partial charge in [0.1, 0.15) is 30.2 Å². The summed E-state index contributed by atoms with van der Waals surface area (Å²) < 4.78 is 0. The highest BCUT2D eigenvalue weighted by molar-refractivity contribution is 5.97. The van der Waals surface area contributed by atoms with Crippen molar-refractivity contribution in [2.45, 2.75) is 94.0 Å². The molecule has 0 radical (unpaired) electrons. The number of carbonyl (C=O) groups excluding carboxylic acids is 6. The lowest BCUT2D eigenvalue weighted by Gasteiger charge is -2.27. The van der Waals surface area contributed by atoms with E-state index in [9.17, 15) is 58.5 Å². The molecule has 0 aliphatic carbocycles. The molecule has 0 spiro atoms. The maximum Gasteiger partial charge on any atom is 0.326 e. The number of rotatable bonds is 26. The summed E-state index contributed by atoms with van der Waals surface area (Å²) in [6.07, 6.45) is -2.94. The lowest BCUT2D eigenvalue weighted by Crippen LogP contribution is -2.60. The largest absolute Gasteiger partial charge is 0.481 e. The number of hydrogen-bond acceptors (Lipinski definition) is 10. The lowest BCUT2D eigenvalue weighted by molar-refractivity contribution is -0.142. The van der Waals surface area contributed by atoms with Crippen molar-refractivity contribution in [2.75, 3.05) is 0 Å². The van der Waals surface area contributed by atoms with E-state index in [0.29, 0.717) is 16.7 Å². The minimum absolute atomic E-state index is 0.0807. The van der Waals surface area contributed by atoms with Crippen LogP contribution in [0.15, 0.2) is 91.0 Å². The molecule has 6 amide bonds. The minimum atomic E-state index is -1.62. The summed E-state index contributed by atoms with van der Waals surface area (Å²) in [5, 5.41) is 41.2. The number of carboxylic acid groups (broad SMARTS) is 3. The van der Waals surface area contributed by atoms with Crippen LogP contribution in [0.2, 0.25) is 0 Å². The summed E-state index contributed by atoms with van der Waals surface area (Å²) in [7, 11) is 0. The first-order valence-electron chi connectivity index (χ1n) is 19.4. The Morgan fingerprint density at radius 3 is 1.08 bits per heavy atom. The first-order valence-corrected chi connectivity index (χ1v) is 19.4. The molecule has 0 saturated carbocycles.